The van der Waals surface area contributed by atoms with Gasteiger partial charge in [-0.1, -0.05) is 18.2 Å². The third-order valence-electron chi connectivity index (χ3n) is 3.79. The molecule has 1 aromatic heterocycles. The molecule has 0 N–H and O–H groups in total. The summed E-state index contributed by atoms with van der Waals surface area (Å²) in [6.45, 7) is 11.2. The number of aromatic nitrogens is 2. The van der Waals surface area contributed by atoms with Crippen molar-refractivity contribution in [2.45, 2.75) is 46.5 Å². The van der Waals surface area contributed by atoms with Crippen LogP contribution in [-0.2, 0) is 6.54 Å². The first-order valence-corrected chi connectivity index (χ1v) is 7.08. The smallest absolute Gasteiger partial charge is 0.0667 e. The molecule has 2 nitrogen and oxygen atoms in total. The Morgan fingerprint density at radius 1 is 1.16 bits per heavy atom. The van der Waals surface area contributed by atoms with Crippen LogP contribution in [0.15, 0.2) is 18.2 Å². The van der Waals surface area contributed by atoms with Crippen LogP contribution in [0.1, 0.15) is 45.9 Å². The molecule has 2 rings (SSSR count). The molecule has 0 saturated heterocycles. The molecule has 19 heavy (non-hydrogen) atoms. The maximum Gasteiger partial charge on any atom is 0.0667 e. The van der Waals surface area contributed by atoms with Crippen LogP contribution < -0.4 is 0 Å². The van der Waals surface area contributed by atoms with E-state index in [1.165, 1.54) is 22.4 Å². The Hall–Kier alpha value is -1.28. The van der Waals surface area contributed by atoms with Gasteiger partial charge in [-0.25, -0.2) is 0 Å². The number of hydrogen-bond donors (Lipinski definition) is 0. The van der Waals surface area contributed by atoms with E-state index >= 15 is 0 Å². The molecule has 0 aliphatic rings. The molecule has 1 unspecified atom stereocenters. The van der Waals surface area contributed by atoms with E-state index in [0.29, 0.717) is 0 Å². The van der Waals surface area contributed by atoms with Gasteiger partial charge >= 0.3 is 0 Å². The maximum atomic E-state index is 6.24. The second kappa shape index (κ2) is 5.38. The summed E-state index contributed by atoms with van der Waals surface area (Å²) < 4.78 is 2.07. The molecular weight excluding hydrogens is 256 g/mol. The SMILES string of the molecule is Cc1cccc(C)c1Cn1nc(C)c(C(C)Cl)c1C. The number of aryl methyl sites for hydroxylation is 3. The first-order valence-electron chi connectivity index (χ1n) is 6.65. The zero-order valence-electron chi connectivity index (χ0n) is 12.3. The highest BCUT2D eigenvalue weighted by atomic mass is 35.5. The number of hydrogen-bond acceptors (Lipinski definition) is 1. The Labute approximate surface area is 120 Å². The van der Waals surface area contributed by atoms with Gasteiger partial charge in [0.2, 0.25) is 0 Å². The third kappa shape index (κ3) is 2.69. The van der Waals surface area contributed by atoms with Crippen LogP contribution in [0.25, 0.3) is 0 Å². The first kappa shape index (κ1) is 14.1. The number of alkyl halides is 1. The topological polar surface area (TPSA) is 17.8 Å². The van der Waals surface area contributed by atoms with E-state index in [-0.39, 0.29) is 5.38 Å². The van der Waals surface area contributed by atoms with Crippen molar-refractivity contribution in [3.8, 4) is 0 Å². The summed E-state index contributed by atoms with van der Waals surface area (Å²) in [4.78, 5) is 0. The lowest BCUT2D eigenvalue weighted by Crippen LogP contribution is -2.07. The van der Waals surface area contributed by atoms with Gasteiger partial charge in [0.25, 0.3) is 0 Å². The van der Waals surface area contributed by atoms with E-state index in [4.69, 9.17) is 11.6 Å². The molecule has 0 radical (unpaired) electrons. The lowest BCUT2D eigenvalue weighted by atomic mass is 10.0. The minimum absolute atomic E-state index is 0.00622. The molecule has 2 aromatic rings. The maximum absolute atomic E-state index is 6.24. The van der Waals surface area contributed by atoms with Gasteiger partial charge in [-0.2, -0.15) is 5.10 Å². The van der Waals surface area contributed by atoms with Crippen molar-refractivity contribution in [3.63, 3.8) is 0 Å². The van der Waals surface area contributed by atoms with E-state index in [0.717, 1.165) is 17.8 Å². The fourth-order valence-corrected chi connectivity index (χ4v) is 3.00. The monoisotopic (exact) mass is 276 g/mol. The predicted octanol–water partition coefficient (Wildman–Crippen LogP) is 4.46. The molecule has 0 fully saturated rings. The Kier molecular flexibility index (Phi) is 4.00. The largest absolute Gasteiger partial charge is 0.265 e. The van der Waals surface area contributed by atoms with Crippen molar-refractivity contribution < 1.29 is 0 Å². The van der Waals surface area contributed by atoms with Gasteiger partial charge < -0.3 is 0 Å². The van der Waals surface area contributed by atoms with E-state index in [1.54, 1.807) is 0 Å². The summed E-state index contributed by atoms with van der Waals surface area (Å²) in [5.41, 5.74) is 7.34. The molecular formula is C16H21ClN2. The van der Waals surface area contributed by atoms with Crippen LogP contribution in [0.4, 0.5) is 0 Å². The Morgan fingerprint density at radius 3 is 2.21 bits per heavy atom. The lowest BCUT2D eigenvalue weighted by molar-refractivity contribution is 0.653. The van der Waals surface area contributed by atoms with E-state index < -0.39 is 0 Å². The Morgan fingerprint density at radius 2 is 1.74 bits per heavy atom. The van der Waals surface area contributed by atoms with E-state index in [2.05, 4.69) is 48.8 Å². The van der Waals surface area contributed by atoms with Crippen molar-refractivity contribution in [2.75, 3.05) is 0 Å². The van der Waals surface area contributed by atoms with E-state index in [9.17, 15) is 0 Å². The first-order chi connectivity index (χ1) is 8.91. The van der Waals surface area contributed by atoms with Crippen molar-refractivity contribution in [1.29, 1.82) is 0 Å². The highest BCUT2D eigenvalue weighted by Gasteiger charge is 2.16. The minimum Gasteiger partial charge on any atom is -0.265 e. The Balaban J connectivity index is 2.42. The molecule has 0 amide bonds. The molecule has 1 heterocycles. The number of nitrogens with zero attached hydrogens (tertiary/aromatic N) is 2. The number of rotatable bonds is 3. The average Bonchev–Trinajstić information content (AvgIpc) is 2.59. The second-order valence-corrected chi connectivity index (χ2v) is 5.88. The fraction of sp³-hybridized carbons (Fsp3) is 0.438. The van der Waals surface area contributed by atoms with Crippen molar-refractivity contribution in [1.82, 2.24) is 9.78 Å². The van der Waals surface area contributed by atoms with Gasteiger partial charge in [0, 0.05) is 11.3 Å². The molecule has 102 valence electrons. The zero-order chi connectivity index (χ0) is 14.2. The van der Waals surface area contributed by atoms with Crippen LogP contribution in [0.3, 0.4) is 0 Å². The molecule has 0 aliphatic heterocycles. The van der Waals surface area contributed by atoms with Gasteiger partial charge in [-0.3, -0.25) is 4.68 Å². The average molecular weight is 277 g/mol. The Bertz CT molecular complexity index is 577. The van der Waals surface area contributed by atoms with Crippen molar-refractivity contribution in [3.05, 3.63) is 51.8 Å². The summed E-state index contributed by atoms with van der Waals surface area (Å²) in [6, 6.07) is 6.40. The van der Waals surface area contributed by atoms with Gasteiger partial charge in [0.15, 0.2) is 0 Å². The molecule has 1 aromatic carbocycles. The summed E-state index contributed by atoms with van der Waals surface area (Å²) >= 11 is 6.24. The summed E-state index contributed by atoms with van der Waals surface area (Å²) in [5, 5.41) is 4.65. The quantitative estimate of drug-likeness (QED) is 0.757. The zero-order valence-corrected chi connectivity index (χ0v) is 13.0. The molecule has 1 atom stereocenters. The summed E-state index contributed by atoms with van der Waals surface area (Å²) in [6.07, 6.45) is 0. The van der Waals surface area contributed by atoms with Gasteiger partial charge in [-0.05, 0) is 51.3 Å². The fourth-order valence-electron chi connectivity index (χ4n) is 2.69. The molecule has 0 saturated carbocycles. The van der Waals surface area contributed by atoms with Crippen LogP contribution in [0.2, 0.25) is 0 Å². The van der Waals surface area contributed by atoms with Crippen LogP contribution in [0, 0.1) is 27.7 Å². The molecule has 0 bridgehead atoms. The molecule has 0 aliphatic carbocycles. The van der Waals surface area contributed by atoms with Crippen LogP contribution >= 0.6 is 11.6 Å². The van der Waals surface area contributed by atoms with Gasteiger partial charge in [0.1, 0.15) is 0 Å². The highest BCUT2D eigenvalue weighted by Crippen LogP contribution is 2.27. The van der Waals surface area contributed by atoms with Gasteiger partial charge in [0.05, 0.1) is 17.6 Å². The van der Waals surface area contributed by atoms with Crippen LogP contribution in [0.5, 0.6) is 0 Å². The minimum atomic E-state index is 0.00622. The van der Waals surface area contributed by atoms with E-state index in [1.807, 2.05) is 13.8 Å². The predicted molar refractivity (Wildman–Crippen MR) is 81.0 cm³/mol. The number of benzene rings is 1. The van der Waals surface area contributed by atoms with Crippen molar-refractivity contribution in [2.24, 2.45) is 0 Å². The summed E-state index contributed by atoms with van der Waals surface area (Å²) in [5.74, 6) is 0. The number of halogens is 1. The molecule has 3 heteroatoms. The highest BCUT2D eigenvalue weighted by molar-refractivity contribution is 6.20. The van der Waals surface area contributed by atoms with Crippen molar-refractivity contribution >= 4 is 11.6 Å². The van der Waals surface area contributed by atoms with Gasteiger partial charge in [-0.15, -0.1) is 11.6 Å². The second-order valence-electron chi connectivity index (χ2n) is 5.23. The van der Waals surface area contributed by atoms with Crippen LogP contribution in [-0.4, -0.2) is 9.78 Å². The lowest BCUT2D eigenvalue weighted by Gasteiger charge is -2.11. The summed E-state index contributed by atoms with van der Waals surface area (Å²) in [7, 11) is 0. The molecule has 0 spiro atoms. The standard InChI is InChI=1S/C16H21ClN2/c1-10-7-6-8-11(2)15(10)9-19-14(5)16(12(3)17)13(4)18-19/h6-8,12H,9H2,1-5H3. The normalized spacial score (nSPS) is 12.7. The third-order valence-corrected chi connectivity index (χ3v) is 4.01.